The summed E-state index contributed by atoms with van der Waals surface area (Å²) in [4.78, 5) is 0. The van der Waals surface area contributed by atoms with Crippen molar-refractivity contribution >= 4 is 0 Å². The molecule has 0 bridgehead atoms. The molecule has 1 fully saturated rings. The van der Waals surface area contributed by atoms with Crippen molar-refractivity contribution < 1.29 is 0 Å². The lowest BCUT2D eigenvalue weighted by molar-refractivity contribution is 0.523. The van der Waals surface area contributed by atoms with E-state index in [1.807, 2.05) is 10.9 Å². The first-order valence-electron chi connectivity index (χ1n) is 4.47. The molecule has 0 aromatic carbocycles. The molecule has 0 radical (unpaired) electrons. The molecule has 1 aromatic rings. The Hall–Kier alpha value is -0.900. The summed E-state index contributed by atoms with van der Waals surface area (Å²) in [6, 6.07) is 0. The van der Waals surface area contributed by atoms with E-state index < -0.39 is 0 Å². The zero-order valence-corrected chi connectivity index (χ0v) is 7.11. The molecule has 4 nitrogen and oxygen atoms in total. The van der Waals surface area contributed by atoms with Crippen molar-refractivity contribution in [2.45, 2.75) is 25.8 Å². The Morgan fingerprint density at radius 3 is 3.08 bits per heavy atom. The first-order valence-corrected chi connectivity index (χ1v) is 4.47. The van der Waals surface area contributed by atoms with E-state index in [9.17, 15) is 0 Å². The fourth-order valence-corrected chi connectivity index (χ4v) is 1.32. The molecule has 1 aromatic heterocycles. The Morgan fingerprint density at radius 1 is 1.58 bits per heavy atom. The highest BCUT2D eigenvalue weighted by molar-refractivity contribution is 4.95. The van der Waals surface area contributed by atoms with Crippen LogP contribution in [0.1, 0.15) is 18.5 Å². The summed E-state index contributed by atoms with van der Waals surface area (Å²) < 4.78 is 1.99. The molecule has 1 aliphatic rings. The van der Waals surface area contributed by atoms with Gasteiger partial charge in [-0.3, -0.25) is 0 Å². The molecule has 0 amide bonds. The van der Waals surface area contributed by atoms with Gasteiger partial charge in [-0.2, -0.15) is 0 Å². The second-order valence-electron chi connectivity index (χ2n) is 3.39. The Morgan fingerprint density at radius 2 is 2.42 bits per heavy atom. The average Bonchev–Trinajstić information content (AvgIpc) is 2.76. The van der Waals surface area contributed by atoms with E-state index in [2.05, 4.69) is 10.3 Å². The molecule has 2 N–H and O–H groups in total. The van der Waals surface area contributed by atoms with Gasteiger partial charge in [0, 0.05) is 13.0 Å². The third kappa shape index (κ3) is 1.64. The lowest BCUT2D eigenvalue weighted by Gasteiger charge is -2.02. The molecule has 0 saturated heterocycles. The van der Waals surface area contributed by atoms with Crippen LogP contribution in [0, 0.1) is 5.92 Å². The highest BCUT2D eigenvalue weighted by Crippen LogP contribution is 2.30. The highest BCUT2D eigenvalue weighted by atomic mass is 15.4. The van der Waals surface area contributed by atoms with Crippen molar-refractivity contribution in [1.82, 2.24) is 15.0 Å². The maximum Gasteiger partial charge on any atom is 0.0725 e. The van der Waals surface area contributed by atoms with Crippen molar-refractivity contribution in [3.05, 3.63) is 11.9 Å². The third-order valence-electron chi connectivity index (χ3n) is 2.23. The van der Waals surface area contributed by atoms with Crippen LogP contribution in [0.3, 0.4) is 0 Å². The number of nitrogens with zero attached hydrogens (tertiary/aromatic N) is 3. The van der Waals surface area contributed by atoms with Crippen LogP contribution in [-0.4, -0.2) is 21.5 Å². The van der Waals surface area contributed by atoms with E-state index in [0.29, 0.717) is 6.54 Å². The summed E-state index contributed by atoms with van der Waals surface area (Å²) >= 11 is 0. The number of hydrogen-bond acceptors (Lipinski definition) is 3. The normalized spacial score (nSPS) is 16.8. The predicted octanol–water partition coefficient (Wildman–Crippen LogP) is 0.189. The van der Waals surface area contributed by atoms with Crippen LogP contribution in [0.4, 0.5) is 0 Å². The van der Waals surface area contributed by atoms with E-state index >= 15 is 0 Å². The van der Waals surface area contributed by atoms with E-state index in [0.717, 1.165) is 18.9 Å². The second-order valence-corrected chi connectivity index (χ2v) is 3.39. The van der Waals surface area contributed by atoms with Crippen LogP contribution in [0.2, 0.25) is 0 Å². The molecular weight excluding hydrogens is 152 g/mol. The van der Waals surface area contributed by atoms with Gasteiger partial charge in [-0.25, -0.2) is 4.68 Å². The quantitative estimate of drug-likeness (QED) is 0.694. The van der Waals surface area contributed by atoms with Crippen molar-refractivity contribution in [1.29, 1.82) is 0 Å². The SMILES string of the molecule is NCCc1cnnn1CC1CC1. The Labute approximate surface area is 71.8 Å². The molecule has 0 unspecified atom stereocenters. The fraction of sp³-hybridized carbons (Fsp3) is 0.750. The molecule has 1 saturated carbocycles. The van der Waals surface area contributed by atoms with Gasteiger partial charge in [0.1, 0.15) is 0 Å². The minimum absolute atomic E-state index is 0.679. The van der Waals surface area contributed by atoms with E-state index in [4.69, 9.17) is 5.73 Å². The lowest BCUT2D eigenvalue weighted by Crippen LogP contribution is -2.11. The molecule has 1 heterocycles. The molecule has 12 heavy (non-hydrogen) atoms. The molecule has 2 rings (SSSR count). The summed E-state index contributed by atoms with van der Waals surface area (Å²) in [6.45, 7) is 1.72. The highest BCUT2D eigenvalue weighted by Gasteiger charge is 2.22. The molecule has 0 atom stereocenters. The van der Waals surface area contributed by atoms with Gasteiger partial charge in [0.05, 0.1) is 11.9 Å². The lowest BCUT2D eigenvalue weighted by atomic mass is 10.3. The maximum absolute atomic E-state index is 5.47. The fourth-order valence-electron chi connectivity index (χ4n) is 1.32. The first kappa shape index (κ1) is 7.73. The Kier molecular flexibility index (Phi) is 2.08. The zero-order chi connectivity index (χ0) is 8.39. The van der Waals surface area contributed by atoms with E-state index in [-0.39, 0.29) is 0 Å². The van der Waals surface area contributed by atoms with Crippen LogP contribution in [-0.2, 0) is 13.0 Å². The number of rotatable bonds is 4. The van der Waals surface area contributed by atoms with Crippen LogP contribution in [0.25, 0.3) is 0 Å². The summed E-state index contributed by atoms with van der Waals surface area (Å²) in [5, 5.41) is 7.91. The van der Waals surface area contributed by atoms with Gasteiger partial charge in [0.15, 0.2) is 0 Å². The van der Waals surface area contributed by atoms with Gasteiger partial charge >= 0.3 is 0 Å². The molecule has 4 heteroatoms. The van der Waals surface area contributed by atoms with Crippen LogP contribution in [0.15, 0.2) is 6.20 Å². The van der Waals surface area contributed by atoms with Gasteiger partial charge in [-0.05, 0) is 25.3 Å². The largest absolute Gasteiger partial charge is 0.330 e. The molecule has 0 spiro atoms. The van der Waals surface area contributed by atoms with Gasteiger partial charge in [-0.15, -0.1) is 5.10 Å². The van der Waals surface area contributed by atoms with Crippen LogP contribution in [0.5, 0.6) is 0 Å². The van der Waals surface area contributed by atoms with Crippen molar-refractivity contribution in [2.24, 2.45) is 11.7 Å². The summed E-state index contributed by atoms with van der Waals surface area (Å²) in [6.07, 6.45) is 5.40. The minimum atomic E-state index is 0.679. The summed E-state index contributed by atoms with van der Waals surface area (Å²) in [5.74, 6) is 0.850. The molecular formula is C8H14N4. The van der Waals surface area contributed by atoms with Gasteiger partial charge < -0.3 is 5.73 Å². The summed E-state index contributed by atoms with van der Waals surface area (Å²) in [7, 11) is 0. The van der Waals surface area contributed by atoms with Crippen LogP contribution >= 0.6 is 0 Å². The van der Waals surface area contributed by atoms with Crippen molar-refractivity contribution in [2.75, 3.05) is 6.54 Å². The van der Waals surface area contributed by atoms with Gasteiger partial charge in [0.25, 0.3) is 0 Å². The number of hydrogen-bond donors (Lipinski definition) is 1. The van der Waals surface area contributed by atoms with Crippen molar-refractivity contribution in [3.8, 4) is 0 Å². The Bertz CT molecular complexity index is 251. The smallest absolute Gasteiger partial charge is 0.0725 e. The van der Waals surface area contributed by atoms with Crippen molar-refractivity contribution in [3.63, 3.8) is 0 Å². The third-order valence-corrected chi connectivity index (χ3v) is 2.23. The molecule has 66 valence electrons. The van der Waals surface area contributed by atoms with Gasteiger partial charge in [-0.1, -0.05) is 5.21 Å². The maximum atomic E-state index is 5.47. The number of nitrogens with two attached hydrogens (primary N) is 1. The Balaban J connectivity index is 2.01. The standard InChI is InChI=1S/C8H14N4/c9-4-3-8-5-10-11-12(8)6-7-1-2-7/h5,7H,1-4,6,9H2. The molecule has 0 aliphatic heterocycles. The van der Waals surface area contributed by atoms with Gasteiger partial charge in [0.2, 0.25) is 0 Å². The minimum Gasteiger partial charge on any atom is -0.330 e. The van der Waals surface area contributed by atoms with E-state index in [1.165, 1.54) is 18.5 Å². The average molecular weight is 166 g/mol. The topological polar surface area (TPSA) is 56.7 Å². The predicted molar refractivity (Wildman–Crippen MR) is 45.5 cm³/mol. The van der Waals surface area contributed by atoms with Crippen LogP contribution < -0.4 is 5.73 Å². The zero-order valence-electron chi connectivity index (χ0n) is 7.11. The van der Waals surface area contributed by atoms with E-state index in [1.54, 1.807) is 0 Å². The number of aromatic nitrogens is 3. The molecule has 1 aliphatic carbocycles. The first-order chi connectivity index (χ1) is 5.90. The summed E-state index contributed by atoms with van der Waals surface area (Å²) in [5.41, 5.74) is 6.64. The monoisotopic (exact) mass is 166 g/mol. The second kappa shape index (κ2) is 3.23.